The number of carbonyl (C=O) groups is 2. The van der Waals surface area contributed by atoms with Crippen molar-refractivity contribution in [1.82, 2.24) is 0 Å². The average molecular weight is 863 g/mol. The first-order valence-corrected chi connectivity index (χ1v) is 25.2. The van der Waals surface area contributed by atoms with E-state index in [1.54, 1.807) is 0 Å². The predicted octanol–water partition coefficient (Wildman–Crippen LogP) is 13.8. The molecule has 0 saturated carbocycles. The number of hydrogen-bond donors (Lipinski definition) is 1. The third-order valence-corrected chi connectivity index (χ3v) is 10.7. The van der Waals surface area contributed by atoms with Crippen molar-refractivity contribution in [2.75, 3.05) is 47.5 Å². The van der Waals surface area contributed by atoms with Gasteiger partial charge in [0.25, 0.3) is 0 Å². The van der Waals surface area contributed by atoms with Gasteiger partial charge in [0.05, 0.1) is 27.7 Å². The van der Waals surface area contributed by atoms with Gasteiger partial charge in [0.2, 0.25) is 0 Å². The van der Waals surface area contributed by atoms with E-state index >= 15 is 0 Å². The van der Waals surface area contributed by atoms with Gasteiger partial charge in [-0.1, -0.05) is 164 Å². The second-order valence-corrected chi connectivity index (χ2v) is 18.2. The zero-order valence-corrected chi connectivity index (χ0v) is 39.8. The van der Waals surface area contributed by atoms with Gasteiger partial charge in [0, 0.05) is 12.8 Å². The molecule has 1 N–H and O–H groups in total. The van der Waals surface area contributed by atoms with Gasteiger partial charge < -0.3 is 18.9 Å². The molecule has 0 radical (unpaired) electrons. The maximum atomic E-state index is 12.7. The molecule has 1 unspecified atom stereocenters. The van der Waals surface area contributed by atoms with Crippen molar-refractivity contribution in [3.63, 3.8) is 0 Å². The highest BCUT2D eigenvalue weighted by Crippen LogP contribution is 2.43. The molecular weight excluding hydrogens is 774 g/mol. The molecule has 0 heterocycles. The van der Waals surface area contributed by atoms with E-state index in [1.807, 2.05) is 27.2 Å². The average Bonchev–Trinajstić information content (AvgIpc) is 3.20. The van der Waals surface area contributed by atoms with Gasteiger partial charge in [-0.3, -0.25) is 18.6 Å². The molecule has 0 saturated heterocycles. The Bertz CT molecular complexity index is 1250. The quantitative estimate of drug-likeness (QED) is 0.0212. The minimum Gasteiger partial charge on any atom is -0.462 e. The number of quaternary nitrogens is 1. The molecule has 2 atom stereocenters. The molecule has 0 aliphatic carbocycles. The lowest BCUT2D eigenvalue weighted by molar-refractivity contribution is -0.870. The molecule has 0 aromatic heterocycles. The zero-order valence-electron chi connectivity index (χ0n) is 38.9. The maximum absolute atomic E-state index is 12.7. The molecule has 0 amide bonds. The zero-order chi connectivity index (χ0) is 44.3. The third-order valence-electron chi connectivity index (χ3n) is 9.72. The number of phosphoric acid groups is 1. The first-order valence-electron chi connectivity index (χ1n) is 23.7. The van der Waals surface area contributed by atoms with Crippen LogP contribution < -0.4 is 0 Å². The summed E-state index contributed by atoms with van der Waals surface area (Å²) in [4.78, 5) is 35.4. The number of unbranched alkanes of at least 4 members (excludes halogenated alkanes) is 16. The Labute approximate surface area is 368 Å². The summed E-state index contributed by atoms with van der Waals surface area (Å²) in [5, 5.41) is 0. The van der Waals surface area contributed by atoms with E-state index in [2.05, 4.69) is 80.7 Å². The van der Waals surface area contributed by atoms with Gasteiger partial charge in [-0.2, -0.15) is 0 Å². The lowest BCUT2D eigenvalue weighted by Gasteiger charge is -2.24. The molecular formula is C50H89NO8P+. The fourth-order valence-electron chi connectivity index (χ4n) is 6.04. The Morgan fingerprint density at radius 2 is 0.967 bits per heavy atom. The molecule has 0 rings (SSSR count). The molecule has 346 valence electrons. The van der Waals surface area contributed by atoms with E-state index < -0.39 is 26.5 Å². The molecule has 0 spiro atoms. The minimum absolute atomic E-state index is 0.0176. The Morgan fingerprint density at radius 1 is 0.533 bits per heavy atom. The summed E-state index contributed by atoms with van der Waals surface area (Å²) < 4.78 is 34.3. The first-order chi connectivity index (χ1) is 29.0. The van der Waals surface area contributed by atoms with Crippen LogP contribution in [0.15, 0.2) is 72.9 Å². The van der Waals surface area contributed by atoms with Gasteiger partial charge in [-0.05, 0) is 77.0 Å². The lowest BCUT2D eigenvalue weighted by atomic mass is 10.1. The Balaban J connectivity index is 4.40. The molecule has 0 aliphatic heterocycles. The largest absolute Gasteiger partial charge is 0.472 e. The second kappa shape index (κ2) is 41.8. The van der Waals surface area contributed by atoms with E-state index in [0.717, 1.165) is 51.4 Å². The van der Waals surface area contributed by atoms with Crippen molar-refractivity contribution in [1.29, 1.82) is 0 Å². The highest BCUT2D eigenvalue weighted by molar-refractivity contribution is 7.47. The van der Waals surface area contributed by atoms with Crippen LogP contribution in [0.5, 0.6) is 0 Å². The molecule has 0 fully saturated rings. The Morgan fingerprint density at radius 3 is 1.48 bits per heavy atom. The van der Waals surface area contributed by atoms with Gasteiger partial charge in [0.1, 0.15) is 19.8 Å². The van der Waals surface area contributed by atoms with Crippen LogP contribution in [0.3, 0.4) is 0 Å². The normalized spacial score (nSPS) is 14.2. The van der Waals surface area contributed by atoms with E-state index in [-0.39, 0.29) is 32.0 Å². The van der Waals surface area contributed by atoms with Gasteiger partial charge in [-0.15, -0.1) is 0 Å². The molecule has 9 nitrogen and oxygen atoms in total. The van der Waals surface area contributed by atoms with Gasteiger partial charge in [-0.25, -0.2) is 4.57 Å². The minimum atomic E-state index is -4.40. The molecule has 60 heavy (non-hydrogen) atoms. The number of nitrogens with zero attached hydrogens (tertiary/aromatic N) is 1. The standard InChI is InChI=1S/C50H88NO8P/c1-6-8-10-12-14-16-18-20-22-24-25-27-28-30-32-34-36-38-40-42-49(52)56-46-48(47-58-60(54,55)57-45-44-51(3,4)5)59-50(53)43-41-39-37-35-33-31-29-26-23-21-19-17-15-13-11-9-7-2/h9,11,15,17,20-23,29,31,35,37,48H,6-8,10,12-14,16,18-19,24-28,30,32-34,36,38-47H2,1-5H3/p+1/b11-9+,17-15+,22-20+,23-21+,31-29+,37-35+/t48-/m1/s1. The Kier molecular flexibility index (Phi) is 40.0. The smallest absolute Gasteiger partial charge is 0.462 e. The van der Waals surface area contributed by atoms with Crippen LogP contribution in [0.2, 0.25) is 0 Å². The summed E-state index contributed by atoms with van der Waals surface area (Å²) in [5.74, 6) is -0.872. The second-order valence-electron chi connectivity index (χ2n) is 16.8. The van der Waals surface area contributed by atoms with E-state index in [4.69, 9.17) is 18.5 Å². The molecule has 0 aromatic rings. The first kappa shape index (κ1) is 57.4. The third kappa shape index (κ3) is 45.0. The maximum Gasteiger partial charge on any atom is 0.472 e. The fraction of sp³-hybridized carbons (Fsp3) is 0.720. The van der Waals surface area contributed by atoms with Crippen molar-refractivity contribution in [3.8, 4) is 0 Å². The van der Waals surface area contributed by atoms with Crippen LogP contribution >= 0.6 is 7.82 Å². The van der Waals surface area contributed by atoms with Crippen molar-refractivity contribution >= 4 is 19.8 Å². The van der Waals surface area contributed by atoms with Crippen LogP contribution in [0, 0.1) is 0 Å². The van der Waals surface area contributed by atoms with Crippen molar-refractivity contribution < 1.29 is 42.1 Å². The molecule has 10 heteroatoms. The van der Waals surface area contributed by atoms with Crippen molar-refractivity contribution in [2.45, 2.75) is 187 Å². The van der Waals surface area contributed by atoms with Crippen molar-refractivity contribution in [2.24, 2.45) is 0 Å². The number of phosphoric ester groups is 1. The molecule has 0 bridgehead atoms. The van der Waals surface area contributed by atoms with Crippen LogP contribution in [-0.2, 0) is 32.7 Å². The van der Waals surface area contributed by atoms with Crippen LogP contribution in [0.4, 0.5) is 0 Å². The number of hydrogen-bond acceptors (Lipinski definition) is 7. The van der Waals surface area contributed by atoms with Gasteiger partial charge in [0.15, 0.2) is 6.10 Å². The van der Waals surface area contributed by atoms with Crippen LogP contribution in [0.25, 0.3) is 0 Å². The number of carbonyl (C=O) groups excluding carboxylic acids is 2. The van der Waals surface area contributed by atoms with Crippen LogP contribution in [-0.4, -0.2) is 74.9 Å². The SMILES string of the molecule is CC/C=C/C/C=C/C/C=C/C/C=C/C/C=C/CCCC(=O)O[C@H](COC(=O)CCCCCCCCCCC/C=C/CCCCCCCC)COP(=O)(O)OCC[N+](C)(C)C. The number of likely N-dealkylation sites (N-methyl/N-ethyl adjacent to an activating group) is 1. The summed E-state index contributed by atoms with van der Waals surface area (Å²) in [6.45, 7) is 4.23. The van der Waals surface area contributed by atoms with Crippen molar-refractivity contribution in [3.05, 3.63) is 72.9 Å². The van der Waals surface area contributed by atoms with Crippen LogP contribution in [0.1, 0.15) is 181 Å². The topological polar surface area (TPSA) is 108 Å². The molecule has 0 aliphatic rings. The summed E-state index contributed by atoms with van der Waals surface area (Å²) in [5.41, 5.74) is 0. The van der Waals surface area contributed by atoms with E-state index in [1.165, 1.54) is 89.9 Å². The fourth-order valence-corrected chi connectivity index (χ4v) is 6.79. The number of ether oxygens (including phenoxy) is 2. The van der Waals surface area contributed by atoms with E-state index in [0.29, 0.717) is 23.9 Å². The number of rotatable bonds is 42. The summed E-state index contributed by atoms with van der Waals surface area (Å²) in [6, 6.07) is 0. The monoisotopic (exact) mass is 863 g/mol. The summed E-state index contributed by atoms with van der Waals surface area (Å²) >= 11 is 0. The highest BCUT2D eigenvalue weighted by atomic mass is 31.2. The van der Waals surface area contributed by atoms with E-state index in [9.17, 15) is 19.0 Å². The predicted molar refractivity (Wildman–Crippen MR) is 252 cm³/mol. The summed E-state index contributed by atoms with van der Waals surface area (Å²) in [6.07, 6.45) is 52.5. The lowest BCUT2D eigenvalue weighted by Crippen LogP contribution is -2.37. The number of esters is 2. The van der Waals surface area contributed by atoms with Gasteiger partial charge >= 0.3 is 19.8 Å². The highest BCUT2D eigenvalue weighted by Gasteiger charge is 2.27. The Hall–Kier alpha value is -2.55. The molecule has 0 aromatic carbocycles. The number of allylic oxidation sites excluding steroid dienone is 12. The summed E-state index contributed by atoms with van der Waals surface area (Å²) in [7, 11) is 1.43.